The number of hydrazine groups is 1. The number of benzene rings is 1. The summed E-state index contributed by atoms with van der Waals surface area (Å²) in [5.74, 6) is -2.26. The zero-order chi connectivity index (χ0) is 28.3. The van der Waals surface area contributed by atoms with Crippen LogP contribution in [0.2, 0.25) is 0 Å². The van der Waals surface area contributed by atoms with Crippen LogP contribution in [0, 0.1) is 5.92 Å². The molecule has 11 nitrogen and oxygen atoms in total. The average molecular weight is 558 g/mol. The second-order valence-corrected chi connectivity index (χ2v) is 12.2. The van der Waals surface area contributed by atoms with Gasteiger partial charge in [-0.3, -0.25) is 24.4 Å². The summed E-state index contributed by atoms with van der Waals surface area (Å²) in [7, 11) is -3.87. The predicted octanol–water partition coefficient (Wildman–Crippen LogP) is 1.81. The van der Waals surface area contributed by atoms with Gasteiger partial charge in [0, 0.05) is 18.1 Å². The van der Waals surface area contributed by atoms with Crippen LogP contribution in [-0.2, 0) is 29.1 Å². The quantitative estimate of drug-likeness (QED) is 0.450. The van der Waals surface area contributed by atoms with Crippen LogP contribution in [0.4, 0.5) is 0 Å². The third-order valence-corrected chi connectivity index (χ3v) is 8.10. The standard InChI is InChI=1S/C27H35N5O6S/c1-16(2)24-25(33)29-17(3)26(34)32-11-5-8-23(30-32)27(35)38-18(4)19-9-10-20-15-28-22(14-21(20)13-19)7-6-12-39(36,37)31-24/h6-7,9-10,13-18,23-24,30-31H,5,8,11-12H2,1-4H3,(H,29,33)/b7-6+/t17-,18+,23-,24-/m0/s1. The summed E-state index contributed by atoms with van der Waals surface area (Å²) in [5, 5.41) is 5.67. The van der Waals surface area contributed by atoms with Gasteiger partial charge in [0.1, 0.15) is 24.2 Å². The van der Waals surface area contributed by atoms with Crippen molar-refractivity contribution >= 4 is 44.7 Å². The van der Waals surface area contributed by atoms with Crippen molar-refractivity contribution in [3.8, 4) is 0 Å². The van der Waals surface area contributed by atoms with Crippen LogP contribution >= 0.6 is 0 Å². The van der Waals surface area contributed by atoms with Crippen LogP contribution in [0.15, 0.2) is 36.5 Å². The van der Waals surface area contributed by atoms with Crippen LogP contribution in [0.25, 0.3) is 16.8 Å². The Balaban J connectivity index is 1.68. The summed E-state index contributed by atoms with van der Waals surface area (Å²) < 4.78 is 33.8. The second kappa shape index (κ2) is 11.8. The highest BCUT2D eigenvalue weighted by atomic mass is 32.2. The van der Waals surface area contributed by atoms with E-state index >= 15 is 0 Å². The summed E-state index contributed by atoms with van der Waals surface area (Å²) in [4.78, 5) is 43.5. The maximum Gasteiger partial charge on any atom is 0.325 e. The molecule has 4 rings (SSSR count). The molecule has 4 atom stereocenters. The Morgan fingerprint density at radius 3 is 2.62 bits per heavy atom. The van der Waals surface area contributed by atoms with Gasteiger partial charge in [-0.1, -0.05) is 32.1 Å². The summed E-state index contributed by atoms with van der Waals surface area (Å²) in [6, 6.07) is 4.72. The van der Waals surface area contributed by atoms with Crippen LogP contribution in [0.1, 0.15) is 57.9 Å². The highest BCUT2D eigenvalue weighted by Gasteiger charge is 2.34. The molecule has 2 aromatic rings. The first-order chi connectivity index (χ1) is 18.4. The summed E-state index contributed by atoms with van der Waals surface area (Å²) >= 11 is 0. The normalized spacial score (nSPS) is 27.7. The number of rotatable bonds is 1. The molecule has 3 heterocycles. The molecule has 39 heavy (non-hydrogen) atoms. The highest BCUT2D eigenvalue weighted by Crippen LogP contribution is 2.24. The monoisotopic (exact) mass is 557 g/mol. The summed E-state index contributed by atoms with van der Waals surface area (Å²) in [5.41, 5.74) is 4.28. The minimum atomic E-state index is -3.87. The third kappa shape index (κ3) is 7.00. The molecule has 0 spiro atoms. The van der Waals surface area contributed by atoms with Crippen LogP contribution in [-0.4, -0.2) is 66.6 Å². The number of cyclic esters (lactones) is 1. The Hall–Kier alpha value is -3.35. The number of aromatic nitrogens is 1. The molecular formula is C27H35N5O6S. The molecule has 2 aliphatic rings. The molecular weight excluding hydrogens is 522 g/mol. The number of nitrogens with one attached hydrogen (secondary N) is 3. The fraction of sp³-hybridized carbons (Fsp3) is 0.481. The first-order valence-corrected chi connectivity index (χ1v) is 14.7. The first kappa shape index (κ1) is 28.7. The molecule has 3 N–H and O–H groups in total. The lowest BCUT2D eigenvalue weighted by atomic mass is 10.0. The largest absolute Gasteiger partial charge is 0.457 e. The van der Waals surface area contributed by atoms with Gasteiger partial charge in [0.25, 0.3) is 5.91 Å². The van der Waals surface area contributed by atoms with Crippen molar-refractivity contribution in [3.63, 3.8) is 0 Å². The summed E-state index contributed by atoms with van der Waals surface area (Å²) in [6.45, 7) is 7.09. The van der Waals surface area contributed by atoms with Gasteiger partial charge >= 0.3 is 5.97 Å². The lowest BCUT2D eigenvalue weighted by Crippen LogP contribution is -2.61. The minimum Gasteiger partial charge on any atom is -0.457 e. The van der Waals surface area contributed by atoms with Gasteiger partial charge < -0.3 is 10.1 Å². The Kier molecular flexibility index (Phi) is 8.67. The average Bonchev–Trinajstić information content (AvgIpc) is 2.90. The van der Waals surface area contributed by atoms with E-state index in [9.17, 15) is 22.8 Å². The number of nitrogens with zero attached hydrogens (tertiary/aromatic N) is 2. The molecule has 2 amide bonds. The van der Waals surface area contributed by atoms with E-state index in [1.54, 1.807) is 33.0 Å². The van der Waals surface area contributed by atoms with Gasteiger partial charge in [-0.15, -0.1) is 0 Å². The molecule has 1 aromatic carbocycles. The maximum atomic E-state index is 13.1. The number of ether oxygens (including phenoxy) is 1. The van der Waals surface area contributed by atoms with E-state index in [-0.39, 0.29) is 11.7 Å². The fourth-order valence-corrected chi connectivity index (χ4v) is 5.80. The number of carbonyl (C=O) groups is 3. The number of carbonyl (C=O) groups excluding carboxylic acids is 3. The zero-order valence-corrected chi connectivity index (χ0v) is 23.3. The molecule has 2 aliphatic heterocycles. The number of hydrogen-bond acceptors (Lipinski definition) is 8. The van der Waals surface area contributed by atoms with Crippen molar-refractivity contribution in [2.75, 3.05) is 12.3 Å². The Bertz CT molecular complexity index is 1390. The van der Waals surface area contributed by atoms with Crippen molar-refractivity contribution in [2.45, 2.75) is 64.8 Å². The number of sulfonamides is 1. The zero-order valence-electron chi connectivity index (χ0n) is 22.5. The topological polar surface area (TPSA) is 147 Å². The van der Waals surface area contributed by atoms with Crippen molar-refractivity contribution in [3.05, 3.63) is 47.8 Å². The van der Waals surface area contributed by atoms with E-state index in [4.69, 9.17) is 4.74 Å². The predicted molar refractivity (Wildman–Crippen MR) is 146 cm³/mol. The lowest BCUT2D eigenvalue weighted by molar-refractivity contribution is -0.157. The second-order valence-electron chi connectivity index (χ2n) is 10.4. The van der Waals surface area contributed by atoms with Gasteiger partial charge in [-0.25, -0.2) is 18.6 Å². The van der Waals surface area contributed by atoms with Gasteiger partial charge in [0.05, 0.1) is 11.4 Å². The maximum absolute atomic E-state index is 13.1. The van der Waals surface area contributed by atoms with Crippen LogP contribution in [0.5, 0.6) is 0 Å². The van der Waals surface area contributed by atoms with E-state index < -0.39 is 52.0 Å². The molecule has 210 valence electrons. The van der Waals surface area contributed by atoms with Gasteiger partial charge in [0.15, 0.2) is 0 Å². The van der Waals surface area contributed by atoms with Gasteiger partial charge in [0.2, 0.25) is 15.9 Å². The van der Waals surface area contributed by atoms with E-state index in [1.165, 1.54) is 18.0 Å². The number of pyridine rings is 1. The van der Waals surface area contributed by atoms with E-state index in [0.29, 0.717) is 25.1 Å². The molecule has 1 fully saturated rings. The molecule has 0 saturated carbocycles. The Labute approximate surface area is 228 Å². The SMILES string of the molecule is CC(C)[C@@H]1NS(=O)(=O)C/C=C/c2cc3cc(ccc3cn2)[C@@H](C)OC(=O)[C@@H]2CCCN(N2)C(=O)[C@H](C)NC1=O. The Morgan fingerprint density at radius 1 is 1.10 bits per heavy atom. The van der Waals surface area contributed by atoms with Gasteiger partial charge in [-0.05, 0) is 61.8 Å². The fourth-order valence-electron chi connectivity index (χ4n) is 4.59. The third-order valence-electron chi connectivity index (χ3n) is 6.86. The van der Waals surface area contributed by atoms with Gasteiger partial charge in [-0.2, -0.15) is 0 Å². The molecule has 12 heteroatoms. The highest BCUT2D eigenvalue weighted by molar-refractivity contribution is 7.89. The molecule has 0 aliphatic carbocycles. The summed E-state index contributed by atoms with van der Waals surface area (Å²) in [6.07, 6.45) is 5.28. The number of hydrogen-bond donors (Lipinski definition) is 3. The van der Waals surface area contributed by atoms with E-state index in [1.807, 2.05) is 24.3 Å². The van der Waals surface area contributed by atoms with Crippen molar-refractivity contribution in [1.82, 2.24) is 25.5 Å². The minimum absolute atomic E-state index is 0.353. The molecule has 0 unspecified atom stereocenters. The van der Waals surface area contributed by atoms with Crippen molar-refractivity contribution < 1.29 is 27.5 Å². The molecule has 1 aromatic heterocycles. The first-order valence-electron chi connectivity index (χ1n) is 13.1. The van der Waals surface area contributed by atoms with E-state index in [2.05, 4.69) is 20.4 Å². The lowest BCUT2D eigenvalue weighted by Gasteiger charge is -2.35. The molecule has 5 bridgehead atoms. The Morgan fingerprint density at radius 2 is 1.87 bits per heavy atom. The number of fused-ring (bicyclic) bond motifs is 4. The number of amides is 2. The van der Waals surface area contributed by atoms with Crippen molar-refractivity contribution in [2.24, 2.45) is 5.92 Å². The van der Waals surface area contributed by atoms with Crippen molar-refractivity contribution in [1.29, 1.82) is 0 Å². The molecule has 1 saturated heterocycles. The van der Waals surface area contributed by atoms with E-state index in [0.717, 1.165) is 16.3 Å². The number of esters is 1. The molecule has 0 radical (unpaired) electrons. The smallest absolute Gasteiger partial charge is 0.325 e. The van der Waals surface area contributed by atoms with Crippen LogP contribution < -0.4 is 15.5 Å². The van der Waals surface area contributed by atoms with Crippen LogP contribution in [0.3, 0.4) is 0 Å².